The van der Waals surface area contributed by atoms with Crippen molar-refractivity contribution in [3.8, 4) is 0 Å². The molecule has 2 atom stereocenters. The van der Waals surface area contributed by atoms with E-state index in [9.17, 15) is 0 Å². The minimum atomic E-state index is -0.0929. The number of ether oxygens (including phenoxy) is 2. The summed E-state index contributed by atoms with van der Waals surface area (Å²) in [5.41, 5.74) is 2.67. The molecular weight excluding hydrogens is 238 g/mol. The zero-order valence-electron chi connectivity index (χ0n) is 12.4. The molecule has 0 saturated heterocycles. The number of benzene rings is 1. The summed E-state index contributed by atoms with van der Waals surface area (Å²) < 4.78 is 11.7. The van der Waals surface area contributed by atoms with E-state index in [1.54, 1.807) is 0 Å². The highest BCUT2D eigenvalue weighted by molar-refractivity contribution is 5.36. The van der Waals surface area contributed by atoms with Gasteiger partial charge >= 0.3 is 0 Å². The Bertz CT molecular complexity index is 411. The van der Waals surface area contributed by atoms with Gasteiger partial charge in [-0.15, -0.1) is 0 Å². The van der Waals surface area contributed by atoms with Crippen LogP contribution < -0.4 is 5.32 Å². The van der Waals surface area contributed by atoms with Gasteiger partial charge in [0.15, 0.2) is 0 Å². The molecule has 0 aromatic heterocycles. The van der Waals surface area contributed by atoms with Crippen LogP contribution in [0.15, 0.2) is 24.3 Å². The molecule has 1 aliphatic carbocycles. The monoisotopic (exact) mass is 263 g/mol. The van der Waals surface area contributed by atoms with Gasteiger partial charge in [-0.05, 0) is 38.9 Å². The maximum Gasteiger partial charge on any atom is 0.0811 e. The molecule has 1 aliphatic rings. The van der Waals surface area contributed by atoms with Crippen LogP contribution in [0.3, 0.4) is 0 Å². The van der Waals surface area contributed by atoms with Gasteiger partial charge < -0.3 is 14.8 Å². The highest BCUT2D eigenvalue weighted by Gasteiger charge is 2.31. The fourth-order valence-corrected chi connectivity index (χ4v) is 2.60. The van der Waals surface area contributed by atoms with Crippen molar-refractivity contribution in [1.82, 2.24) is 5.32 Å². The number of likely N-dealkylation sites (N-methyl/N-ethyl adjacent to an activating group) is 1. The quantitative estimate of drug-likeness (QED) is 0.829. The molecule has 106 valence electrons. The third-order valence-electron chi connectivity index (χ3n) is 3.44. The van der Waals surface area contributed by atoms with Crippen LogP contribution in [0.5, 0.6) is 0 Å². The maximum atomic E-state index is 6.00. The third-order valence-corrected chi connectivity index (χ3v) is 3.44. The zero-order valence-corrected chi connectivity index (χ0v) is 12.4. The number of fused-ring (bicyclic) bond motifs is 1. The first-order chi connectivity index (χ1) is 9.01. The van der Waals surface area contributed by atoms with Gasteiger partial charge in [-0.3, -0.25) is 0 Å². The predicted octanol–water partition coefficient (Wildman–Crippen LogP) is 2.70. The van der Waals surface area contributed by atoms with Crippen molar-refractivity contribution in [2.24, 2.45) is 0 Å². The molecule has 3 heteroatoms. The third kappa shape index (κ3) is 3.78. The van der Waals surface area contributed by atoms with Gasteiger partial charge in [0.1, 0.15) is 0 Å². The second kappa shape index (κ2) is 6.04. The second-order valence-corrected chi connectivity index (χ2v) is 6.04. The van der Waals surface area contributed by atoms with Gasteiger partial charge in [-0.1, -0.05) is 24.3 Å². The number of rotatable bonds is 5. The molecule has 1 aromatic carbocycles. The van der Waals surface area contributed by atoms with Crippen LogP contribution in [0.2, 0.25) is 0 Å². The lowest BCUT2D eigenvalue weighted by Crippen LogP contribution is -2.30. The van der Waals surface area contributed by atoms with Gasteiger partial charge in [0, 0.05) is 6.42 Å². The minimum Gasteiger partial charge on any atom is -0.373 e. The van der Waals surface area contributed by atoms with E-state index in [4.69, 9.17) is 9.47 Å². The first-order valence-corrected chi connectivity index (χ1v) is 7.02. The smallest absolute Gasteiger partial charge is 0.0811 e. The molecule has 3 nitrogen and oxygen atoms in total. The normalized spacial score (nSPS) is 22.5. The Morgan fingerprint density at radius 3 is 2.63 bits per heavy atom. The van der Waals surface area contributed by atoms with Crippen LogP contribution in [0.4, 0.5) is 0 Å². The van der Waals surface area contributed by atoms with E-state index in [2.05, 4.69) is 50.4 Å². The van der Waals surface area contributed by atoms with Crippen molar-refractivity contribution < 1.29 is 9.47 Å². The van der Waals surface area contributed by atoms with Crippen molar-refractivity contribution in [3.05, 3.63) is 35.4 Å². The molecule has 0 bridgehead atoms. The Balaban J connectivity index is 1.86. The summed E-state index contributed by atoms with van der Waals surface area (Å²) in [6, 6.07) is 8.86. The summed E-state index contributed by atoms with van der Waals surface area (Å²) in [4.78, 5) is 0. The van der Waals surface area contributed by atoms with Crippen molar-refractivity contribution in [3.63, 3.8) is 0 Å². The summed E-state index contributed by atoms with van der Waals surface area (Å²) in [5.74, 6) is 0. The second-order valence-electron chi connectivity index (χ2n) is 6.04. The van der Waals surface area contributed by atoms with Gasteiger partial charge in [-0.25, -0.2) is 0 Å². The fourth-order valence-electron chi connectivity index (χ4n) is 2.60. The van der Waals surface area contributed by atoms with E-state index in [0.717, 1.165) is 6.42 Å². The molecule has 0 amide bonds. The lowest BCUT2D eigenvalue weighted by atomic mass is 10.1. The molecule has 2 rings (SSSR count). The van der Waals surface area contributed by atoms with E-state index in [1.807, 2.05) is 7.05 Å². The van der Waals surface area contributed by atoms with Gasteiger partial charge in [0.05, 0.1) is 31.0 Å². The molecule has 0 spiro atoms. The van der Waals surface area contributed by atoms with E-state index in [1.165, 1.54) is 11.1 Å². The molecule has 0 saturated carbocycles. The predicted molar refractivity (Wildman–Crippen MR) is 77.4 cm³/mol. The Morgan fingerprint density at radius 2 is 1.95 bits per heavy atom. The fraction of sp³-hybridized carbons (Fsp3) is 0.625. The van der Waals surface area contributed by atoms with Crippen LogP contribution in [0, 0.1) is 0 Å². The first-order valence-electron chi connectivity index (χ1n) is 7.02. The van der Waals surface area contributed by atoms with Crippen molar-refractivity contribution in [2.45, 2.75) is 44.9 Å². The Kier molecular flexibility index (Phi) is 4.61. The lowest BCUT2D eigenvalue weighted by Gasteiger charge is -2.23. The largest absolute Gasteiger partial charge is 0.373 e. The number of hydrogen-bond donors (Lipinski definition) is 1. The van der Waals surface area contributed by atoms with Crippen LogP contribution >= 0.6 is 0 Å². The molecule has 0 radical (unpaired) electrons. The van der Waals surface area contributed by atoms with E-state index in [-0.39, 0.29) is 11.7 Å². The van der Waals surface area contributed by atoms with Crippen molar-refractivity contribution in [2.75, 3.05) is 20.3 Å². The summed E-state index contributed by atoms with van der Waals surface area (Å²) in [7, 11) is 1.99. The van der Waals surface area contributed by atoms with E-state index >= 15 is 0 Å². The van der Waals surface area contributed by atoms with Gasteiger partial charge in [0.2, 0.25) is 0 Å². The zero-order chi connectivity index (χ0) is 13.9. The molecule has 0 fully saturated rings. The minimum absolute atomic E-state index is 0.0929. The van der Waals surface area contributed by atoms with Gasteiger partial charge in [-0.2, -0.15) is 0 Å². The molecule has 1 N–H and O–H groups in total. The van der Waals surface area contributed by atoms with Crippen LogP contribution in [0.25, 0.3) is 0 Å². The molecule has 0 aliphatic heterocycles. The Morgan fingerprint density at radius 1 is 1.21 bits per heavy atom. The highest BCUT2D eigenvalue weighted by Crippen LogP contribution is 2.32. The lowest BCUT2D eigenvalue weighted by molar-refractivity contribution is -0.0555. The molecule has 2 unspecified atom stereocenters. The van der Waals surface area contributed by atoms with Crippen molar-refractivity contribution in [1.29, 1.82) is 0 Å². The Labute approximate surface area is 116 Å². The molecular formula is C16H25NO2. The Hall–Kier alpha value is -0.900. The van der Waals surface area contributed by atoms with Crippen molar-refractivity contribution >= 4 is 0 Å². The van der Waals surface area contributed by atoms with E-state index in [0.29, 0.717) is 19.3 Å². The highest BCUT2D eigenvalue weighted by atomic mass is 16.5. The van der Waals surface area contributed by atoms with E-state index < -0.39 is 0 Å². The summed E-state index contributed by atoms with van der Waals surface area (Å²) in [5, 5.41) is 3.36. The average Bonchev–Trinajstić information content (AvgIpc) is 2.71. The standard InChI is InChI=1S/C16H25NO2/c1-16(2,3)19-10-9-18-14-11-12-7-5-6-8-13(12)15(14)17-4/h5-8,14-15,17H,9-11H2,1-4H3. The van der Waals surface area contributed by atoms with Crippen LogP contribution in [-0.4, -0.2) is 32.0 Å². The SMILES string of the molecule is CNC1c2ccccc2CC1OCCOC(C)(C)C. The average molecular weight is 263 g/mol. The maximum absolute atomic E-state index is 6.00. The van der Waals surface area contributed by atoms with Crippen LogP contribution in [-0.2, 0) is 15.9 Å². The van der Waals surface area contributed by atoms with Crippen LogP contribution in [0.1, 0.15) is 37.9 Å². The summed E-state index contributed by atoms with van der Waals surface area (Å²) >= 11 is 0. The van der Waals surface area contributed by atoms with Gasteiger partial charge in [0.25, 0.3) is 0 Å². The first kappa shape index (κ1) is 14.5. The molecule has 19 heavy (non-hydrogen) atoms. The molecule has 0 heterocycles. The number of hydrogen-bond acceptors (Lipinski definition) is 3. The number of nitrogens with one attached hydrogen (secondary N) is 1. The topological polar surface area (TPSA) is 30.5 Å². The summed E-state index contributed by atoms with van der Waals surface area (Å²) in [6.07, 6.45) is 1.20. The molecule has 1 aromatic rings. The summed E-state index contributed by atoms with van der Waals surface area (Å²) in [6.45, 7) is 7.49.